The summed E-state index contributed by atoms with van der Waals surface area (Å²) in [6, 6.07) is 12.1. The SMILES string of the molecule is CCNC(c1cc(C)cc(F)c1)c1ccc2c(c1)CCC2. The minimum absolute atomic E-state index is 0.0651. The van der Waals surface area contributed by atoms with E-state index in [2.05, 4.69) is 36.5 Å². The Bertz CT molecular complexity index is 628. The van der Waals surface area contributed by atoms with Gasteiger partial charge in [-0.2, -0.15) is 0 Å². The summed E-state index contributed by atoms with van der Waals surface area (Å²) >= 11 is 0. The van der Waals surface area contributed by atoms with E-state index in [1.807, 2.05) is 6.92 Å². The van der Waals surface area contributed by atoms with Crippen molar-refractivity contribution < 1.29 is 4.39 Å². The van der Waals surface area contributed by atoms with Crippen LogP contribution in [0.2, 0.25) is 0 Å². The van der Waals surface area contributed by atoms with Gasteiger partial charge in [0.2, 0.25) is 0 Å². The lowest BCUT2D eigenvalue weighted by molar-refractivity contribution is 0.601. The zero-order valence-corrected chi connectivity index (χ0v) is 12.7. The summed E-state index contributed by atoms with van der Waals surface area (Å²) in [7, 11) is 0. The Balaban J connectivity index is 2.01. The molecule has 0 spiro atoms. The summed E-state index contributed by atoms with van der Waals surface area (Å²) in [6.45, 7) is 4.89. The van der Waals surface area contributed by atoms with Crippen molar-refractivity contribution in [3.05, 3.63) is 70.0 Å². The molecule has 2 aromatic rings. The number of hydrogen-bond acceptors (Lipinski definition) is 1. The van der Waals surface area contributed by atoms with Crippen molar-refractivity contribution in [2.45, 2.75) is 39.2 Å². The molecule has 3 rings (SSSR count). The Morgan fingerprint density at radius 2 is 1.86 bits per heavy atom. The summed E-state index contributed by atoms with van der Waals surface area (Å²) in [5, 5.41) is 3.49. The van der Waals surface area contributed by atoms with Crippen molar-refractivity contribution >= 4 is 0 Å². The highest BCUT2D eigenvalue weighted by Crippen LogP contribution is 2.29. The largest absolute Gasteiger partial charge is 0.307 e. The van der Waals surface area contributed by atoms with Crippen molar-refractivity contribution in [2.24, 2.45) is 0 Å². The van der Waals surface area contributed by atoms with E-state index >= 15 is 0 Å². The maximum Gasteiger partial charge on any atom is 0.123 e. The molecule has 2 aromatic carbocycles. The monoisotopic (exact) mass is 283 g/mol. The number of hydrogen-bond donors (Lipinski definition) is 1. The van der Waals surface area contributed by atoms with Crippen molar-refractivity contribution in [1.82, 2.24) is 5.32 Å². The van der Waals surface area contributed by atoms with Crippen LogP contribution in [-0.2, 0) is 12.8 Å². The molecule has 0 bridgehead atoms. The molecule has 1 unspecified atom stereocenters. The number of benzene rings is 2. The van der Waals surface area contributed by atoms with Crippen LogP contribution in [0.5, 0.6) is 0 Å². The molecule has 2 heteroatoms. The number of halogens is 1. The highest BCUT2D eigenvalue weighted by molar-refractivity contribution is 5.41. The highest BCUT2D eigenvalue weighted by atomic mass is 19.1. The molecule has 1 aliphatic rings. The number of fused-ring (bicyclic) bond motifs is 1. The molecule has 0 saturated heterocycles. The highest BCUT2D eigenvalue weighted by Gasteiger charge is 2.17. The molecule has 1 nitrogen and oxygen atoms in total. The van der Waals surface area contributed by atoms with E-state index < -0.39 is 0 Å². The van der Waals surface area contributed by atoms with E-state index in [-0.39, 0.29) is 11.9 Å². The quantitative estimate of drug-likeness (QED) is 0.881. The molecule has 1 atom stereocenters. The van der Waals surface area contributed by atoms with Gasteiger partial charge in [-0.1, -0.05) is 31.2 Å². The van der Waals surface area contributed by atoms with Gasteiger partial charge in [-0.05, 0) is 72.7 Å². The Morgan fingerprint density at radius 1 is 1.05 bits per heavy atom. The molecule has 0 amide bonds. The van der Waals surface area contributed by atoms with Crippen molar-refractivity contribution in [2.75, 3.05) is 6.54 Å². The van der Waals surface area contributed by atoms with Gasteiger partial charge >= 0.3 is 0 Å². The summed E-state index contributed by atoms with van der Waals surface area (Å²) in [5.41, 5.74) is 6.15. The first-order chi connectivity index (χ1) is 10.2. The van der Waals surface area contributed by atoms with Gasteiger partial charge in [-0.25, -0.2) is 4.39 Å². The second kappa shape index (κ2) is 5.98. The van der Waals surface area contributed by atoms with Gasteiger partial charge in [0.1, 0.15) is 5.82 Å². The summed E-state index contributed by atoms with van der Waals surface area (Å²) in [5.74, 6) is -0.158. The molecular formula is C19H22FN. The molecule has 1 N–H and O–H groups in total. The van der Waals surface area contributed by atoms with Gasteiger partial charge in [0.25, 0.3) is 0 Å². The van der Waals surface area contributed by atoms with E-state index in [0.717, 1.165) is 17.7 Å². The first kappa shape index (κ1) is 14.3. The zero-order chi connectivity index (χ0) is 14.8. The molecule has 0 fully saturated rings. The summed E-state index contributed by atoms with van der Waals surface area (Å²) in [6.07, 6.45) is 3.62. The van der Waals surface area contributed by atoms with Crippen LogP contribution in [0, 0.1) is 12.7 Å². The predicted molar refractivity (Wildman–Crippen MR) is 85.1 cm³/mol. The molecule has 0 aliphatic heterocycles. The lowest BCUT2D eigenvalue weighted by atomic mass is 9.94. The van der Waals surface area contributed by atoms with Crippen molar-refractivity contribution in [1.29, 1.82) is 0 Å². The van der Waals surface area contributed by atoms with Crippen molar-refractivity contribution in [3.8, 4) is 0 Å². The number of aryl methyl sites for hydroxylation is 3. The van der Waals surface area contributed by atoms with E-state index in [4.69, 9.17) is 0 Å². The third-order valence-electron chi connectivity index (χ3n) is 4.26. The molecule has 1 aliphatic carbocycles. The Kier molecular flexibility index (Phi) is 4.07. The third kappa shape index (κ3) is 3.01. The van der Waals surface area contributed by atoms with Crippen LogP contribution in [0.15, 0.2) is 36.4 Å². The number of rotatable bonds is 4. The third-order valence-corrected chi connectivity index (χ3v) is 4.26. The fourth-order valence-electron chi connectivity index (χ4n) is 3.33. The van der Waals surface area contributed by atoms with Crippen LogP contribution < -0.4 is 5.32 Å². The van der Waals surface area contributed by atoms with E-state index in [0.29, 0.717) is 0 Å². The maximum absolute atomic E-state index is 13.7. The Morgan fingerprint density at radius 3 is 2.62 bits per heavy atom. The molecule has 0 saturated carbocycles. The molecule has 0 aromatic heterocycles. The molecule has 0 radical (unpaired) electrons. The summed E-state index contributed by atoms with van der Waals surface area (Å²) < 4.78 is 13.7. The van der Waals surface area contributed by atoms with Crippen LogP contribution in [0.3, 0.4) is 0 Å². The smallest absolute Gasteiger partial charge is 0.123 e. The predicted octanol–water partition coefficient (Wildman–Crippen LogP) is 4.32. The Labute approximate surface area is 126 Å². The van der Waals surface area contributed by atoms with E-state index in [9.17, 15) is 4.39 Å². The molecule has 110 valence electrons. The second-order valence-electron chi connectivity index (χ2n) is 5.93. The van der Waals surface area contributed by atoms with Gasteiger partial charge < -0.3 is 5.32 Å². The Hall–Kier alpha value is -1.67. The maximum atomic E-state index is 13.7. The average Bonchev–Trinajstić information content (AvgIpc) is 2.91. The fraction of sp³-hybridized carbons (Fsp3) is 0.368. The normalized spacial score (nSPS) is 15.0. The standard InChI is InChI=1S/C19H22FN/c1-3-21-19(17-9-13(2)10-18(20)12-17)16-8-7-14-5-4-6-15(14)11-16/h7-12,19,21H,3-6H2,1-2H3. The lowest BCUT2D eigenvalue weighted by Crippen LogP contribution is -2.22. The van der Waals surface area contributed by atoms with Crippen LogP contribution in [0.4, 0.5) is 4.39 Å². The van der Waals surface area contributed by atoms with Gasteiger partial charge in [0.05, 0.1) is 6.04 Å². The van der Waals surface area contributed by atoms with Gasteiger partial charge in [-0.3, -0.25) is 0 Å². The molecule has 0 heterocycles. The number of nitrogens with one attached hydrogen (secondary N) is 1. The van der Waals surface area contributed by atoms with Crippen LogP contribution >= 0.6 is 0 Å². The van der Waals surface area contributed by atoms with E-state index in [1.54, 1.807) is 12.1 Å². The first-order valence-electron chi connectivity index (χ1n) is 7.79. The molecular weight excluding hydrogens is 261 g/mol. The average molecular weight is 283 g/mol. The van der Waals surface area contributed by atoms with Crippen LogP contribution in [0.25, 0.3) is 0 Å². The van der Waals surface area contributed by atoms with Gasteiger partial charge in [-0.15, -0.1) is 0 Å². The minimum Gasteiger partial charge on any atom is -0.307 e. The van der Waals surface area contributed by atoms with Gasteiger partial charge in [0.15, 0.2) is 0 Å². The van der Waals surface area contributed by atoms with Crippen LogP contribution in [0.1, 0.15) is 47.2 Å². The fourth-order valence-corrected chi connectivity index (χ4v) is 3.33. The zero-order valence-electron chi connectivity index (χ0n) is 12.7. The first-order valence-corrected chi connectivity index (χ1v) is 7.79. The lowest BCUT2D eigenvalue weighted by Gasteiger charge is -2.20. The van der Waals surface area contributed by atoms with Crippen molar-refractivity contribution in [3.63, 3.8) is 0 Å². The van der Waals surface area contributed by atoms with E-state index in [1.165, 1.54) is 36.0 Å². The van der Waals surface area contributed by atoms with Gasteiger partial charge in [0, 0.05) is 0 Å². The summed E-state index contributed by atoms with van der Waals surface area (Å²) in [4.78, 5) is 0. The minimum atomic E-state index is -0.158. The topological polar surface area (TPSA) is 12.0 Å². The van der Waals surface area contributed by atoms with Crippen LogP contribution in [-0.4, -0.2) is 6.54 Å². The second-order valence-corrected chi connectivity index (χ2v) is 5.93. The molecule has 21 heavy (non-hydrogen) atoms.